The van der Waals surface area contributed by atoms with Gasteiger partial charge >= 0.3 is 5.97 Å². The molecular formula is C11H20O3. The van der Waals surface area contributed by atoms with Crippen LogP contribution in [0.1, 0.15) is 40.0 Å². The molecule has 1 fully saturated rings. The standard InChI is InChI=1S/C11H20O3/c1-7(2)9-5-4-8(3)6-10(9)11(12)14-13/h7-10,13H,4-6H2,1-3H3. The van der Waals surface area contributed by atoms with Gasteiger partial charge in [-0.1, -0.05) is 27.2 Å². The zero-order chi connectivity index (χ0) is 10.7. The molecule has 14 heavy (non-hydrogen) atoms. The molecule has 82 valence electrons. The molecule has 0 aromatic carbocycles. The number of hydrogen-bond donors (Lipinski definition) is 1. The molecule has 3 atom stereocenters. The Bertz CT molecular complexity index is 201. The molecule has 0 amide bonds. The average Bonchev–Trinajstić information content (AvgIpc) is 2.16. The molecule has 0 aromatic heterocycles. The largest absolute Gasteiger partial charge is 0.345 e. The molecule has 0 bridgehead atoms. The third-order valence-electron chi connectivity index (χ3n) is 3.41. The summed E-state index contributed by atoms with van der Waals surface area (Å²) < 4.78 is 0. The summed E-state index contributed by atoms with van der Waals surface area (Å²) in [4.78, 5) is 15.2. The first-order valence-electron chi connectivity index (χ1n) is 5.41. The lowest BCUT2D eigenvalue weighted by Gasteiger charge is -2.34. The summed E-state index contributed by atoms with van der Waals surface area (Å²) in [5.41, 5.74) is 0. The number of rotatable bonds is 2. The Morgan fingerprint density at radius 3 is 2.57 bits per heavy atom. The van der Waals surface area contributed by atoms with Crippen LogP contribution in [0.15, 0.2) is 0 Å². The summed E-state index contributed by atoms with van der Waals surface area (Å²) in [7, 11) is 0. The first-order valence-corrected chi connectivity index (χ1v) is 5.41. The second-order valence-electron chi connectivity index (χ2n) is 4.84. The fourth-order valence-electron chi connectivity index (χ4n) is 2.54. The SMILES string of the molecule is CC1CCC(C(C)C)C(C(=O)OO)C1. The lowest BCUT2D eigenvalue weighted by molar-refractivity contribution is -0.242. The van der Waals surface area contributed by atoms with Gasteiger partial charge in [0.15, 0.2) is 0 Å². The van der Waals surface area contributed by atoms with E-state index in [0.717, 1.165) is 12.8 Å². The van der Waals surface area contributed by atoms with Gasteiger partial charge in [0.1, 0.15) is 0 Å². The van der Waals surface area contributed by atoms with Gasteiger partial charge in [-0.2, -0.15) is 5.26 Å². The van der Waals surface area contributed by atoms with Crippen molar-refractivity contribution in [1.82, 2.24) is 0 Å². The van der Waals surface area contributed by atoms with Gasteiger partial charge in [0.25, 0.3) is 0 Å². The molecule has 0 aliphatic heterocycles. The van der Waals surface area contributed by atoms with Crippen LogP contribution in [0.5, 0.6) is 0 Å². The van der Waals surface area contributed by atoms with Gasteiger partial charge in [0.05, 0.1) is 5.92 Å². The summed E-state index contributed by atoms with van der Waals surface area (Å²) >= 11 is 0. The van der Waals surface area contributed by atoms with E-state index < -0.39 is 5.97 Å². The summed E-state index contributed by atoms with van der Waals surface area (Å²) in [5, 5.41) is 8.42. The van der Waals surface area contributed by atoms with Gasteiger partial charge in [-0.25, -0.2) is 4.79 Å². The van der Waals surface area contributed by atoms with Crippen LogP contribution in [-0.4, -0.2) is 11.2 Å². The highest BCUT2D eigenvalue weighted by Gasteiger charge is 2.36. The number of carbonyl (C=O) groups excluding carboxylic acids is 1. The van der Waals surface area contributed by atoms with Crippen molar-refractivity contribution >= 4 is 5.97 Å². The Balaban J connectivity index is 2.68. The molecule has 0 spiro atoms. The van der Waals surface area contributed by atoms with E-state index in [1.807, 2.05) is 0 Å². The third kappa shape index (κ3) is 2.47. The second-order valence-corrected chi connectivity index (χ2v) is 4.84. The van der Waals surface area contributed by atoms with Crippen LogP contribution in [0.2, 0.25) is 0 Å². The summed E-state index contributed by atoms with van der Waals surface area (Å²) in [6.45, 7) is 6.39. The predicted octanol–water partition coefficient (Wildman–Crippen LogP) is 2.71. The minimum absolute atomic E-state index is 0.108. The monoisotopic (exact) mass is 200 g/mol. The maximum absolute atomic E-state index is 11.4. The van der Waals surface area contributed by atoms with Crippen LogP contribution in [0.4, 0.5) is 0 Å². The summed E-state index contributed by atoms with van der Waals surface area (Å²) in [5.74, 6) is 0.852. The van der Waals surface area contributed by atoms with E-state index in [1.54, 1.807) is 0 Å². The van der Waals surface area contributed by atoms with Crippen LogP contribution in [0.3, 0.4) is 0 Å². The van der Waals surface area contributed by atoms with Crippen molar-refractivity contribution in [2.45, 2.75) is 40.0 Å². The Labute approximate surface area is 85.4 Å². The molecule has 1 rings (SSSR count). The quantitative estimate of drug-likeness (QED) is 0.550. The van der Waals surface area contributed by atoms with E-state index in [-0.39, 0.29) is 5.92 Å². The van der Waals surface area contributed by atoms with Gasteiger partial charge in [-0.3, -0.25) is 0 Å². The van der Waals surface area contributed by atoms with Crippen molar-refractivity contribution in [3.63, 3.8) is 0 Å². The van der Waals surface area contributed by atoms with Crippen molar-refractivity contribution < 1.29 is 14.9 Å². The predicted molar refractivity (Wildman–Crippen MR) is 53.6 cm³/mol. The lowest BCUT2D eigenvalue weighted by atomic mass is 9.70. The minimum atomic E-state index is -0.449. The number of hydrogen-bond acceptors (Lipinski definition) is 3. The molecule has 1 aliphatic carbocycles. The average molecular weight is 200 g/mol. The van der Waals surface area contributed by atoms with Crippen LogP contribution in [0.25, 0.3) is 0 Å². The van der Waals surface area contributed by atoms with E-state index in [0.29, 0.717) is 17.8 Å². The molecule has 3 nitrogen and oxygen atoms in total. The molecule has 0 heterocycles. The van der Waals surface area contributed by atoms with Crippen LogP contribution in [-0.2, 0) is 9.68 Å². The van der Waals surface area contributed by atoms with Gasteiger partial charge in [0, 0.05) is 0 Å². The van der Waals surface area contributed by atoms with Crippen molar-refractivity contribution in [2.75, 3.05) is 0 Å². The fraction of sp³-hybridized carbons (Fsp3) is 0.909. The normalized spacial score (nSPS) is 33.1. The van der Waals surface area contributed by atoms with Crippen molar-refractivity contribution in [3.05, 3.63) is 0 Å². The maximum Gasteiger partial charge on any atom is 0.345 e. The Hall–Kier alpha value is -0.570. The maximum atomic E-state index is 11.4. The molecule has 3 unspecified atom stereocenters. The Kier molecular flexibility index (Phi) is 3.93. The fourth-order valence-corrected chi connectivity index (χ4v) is 2.54. The second kappa shape index (κ2) is 4.78. The zero-order valence-electron chi connectivity index (χ0n) is 9.19. The highest BCUT2D eigenvalue weighted by Crippen LogP contribution is 2.38. The van der Waals surface area contributed by atoms with E-state index >= 15 is 0 Å². The highest BCUT2D eigenvalue weighted by atomic mass is 17.1. The number of carbonyl (C=O) groups is 1. The smallest absolute Gasteiger partial charge is 0.301 e. The summed E-state index contributed by atoms with van der Waals surface area (Å²) in [6.07, 6.45) is 3.10. The summed E-state index contributed by atoms with van der Waals surface area (Å²) in [6, 6.07) is 0. The molecule has 0 radical (unpaired) electrons. The first kappa shape index (κ1) is 11.5. The minimum Gasteiger partial charge on any atom is -0.301 e. The van der Waals surface area contributed by atoms with Gasteiger partial charge in [0.2, 0.25) is 0 Å². The van der Waals surface area contributed by atoms with E-state index in [2.05, 4.69) is 25.7 Å². The zero-order valence-corrected chi connectivity index (χ0v) is 9.19. The molecule has 0 saturated heterocycles. The molecule has 1 N–H and O–H groups in total. The topological polar surface area (TPSA) is 46.5 Å². The molecular weight excluding hydrogens is 180 g/mol. The van der Waals surface area contributed by atoms with Gasteiger partial charge in [-0.05, 0) is 30.6 Å². The van der Waals surface area contributed by atoms with Crippen molar-refractivity contribution in [1.29, 1.82) is 0 Å². The van der Waals surface area contributed by atoms with Crippen molar-refractivity contribution in [3.8, 4) is 0 Å². The van der Waals surface area contributed by atoms with Crippen LogP contribution >= 0.6 is 0 Å². The Morgan fingerprint density at radius 1 is 1.43 bits per heavy atom. The van der Waals surface area contributed by atoms with Crippen LogP contribution < -0.4 is 0 Å². The molecule has 3 heteroatoms. The van der Waals surface area contributed by atoms with E-state index in [1.165, 1.54) is 6.42 Å². The molecule has 1 saturated carbocycles. The highest BCUT2D eigenvalue weighted by molar-refractivity contribution is 5.72. The molecule has 1 aliphatic rings. The van der Waals surface area contributed by atoms with Crippen molar-refractivity contribution in [2.24, 2.45) is 23.7 Å². The van der Waals surface area contributed by atoms with Gasteiger partial charge in [-0.15, -0.1) is 0 Å². The van der Waals surface area contributed by atoms with E-state index in [4.69, 9.17) is 5.26 Å². The van der Waals surface area contributed by atoms with Gasteiger partial charge < -0.3 is 4.89 Å². The van der Waals surface area contributed by atoms with Crippen LogP contribution in [0, 0.1) is 23.7 Å². The lowest BCUT2D eigenvalue weighted by Crippen LogP contribution is -2.34. The Morgan fingerprint density at radius 2 is 2.07 bits per heavy atom. The van der Waals surface area contributed by atoms with E-state index in [9.17, 15) is 4.79 Å². The third-order valence-corrected chi connectivity index (χ3v) is 3.41. The first-order chi connectivity index (χ1) is 6.56. The molecule has 0 aromatic rings.